The Kier molecular flexibility index (Phi) is 3.75. The summed E-state index contributed by atoms with van der Waals surface area (Å²) in [7, 11) is 0. The van der Waals surface area contributed by atoms with Crippen molar-refractivity contribution in [3.05, 3.63) is 0 Å². The Morgan fingerprint density at radius 2 is 1.94 bits per heavy atom. The topological polar surface area (TPSA) is 66.4 Å². The molecule has 1 saturated carbocycles. The molecule has 2 atom stereocenters. The summed E-state index contributed by atoms with van der Waals surface area (Å²) in [5, 5.41) is 10.8. The van der Waals surface area contributed by atoms with Crippen LogP contribution in [0.25, 0.3) is 0 Å². The molecule has 4 heteroatoms. The minimum Gasteiger partial charge on any atom is -0.550 e. The number of carboxylic acid groups (broad SMARTS) is 1. The quantitative estimate of drug-likeness (QED) is 0.421. The first-order valence-corrected chi connectivity index (χ1v) is 6.07. The van der Waals surface area contributed by atoms with Crippen LogP contribution in [0.2, 0.25) is 0 Å². The molecule has 0 aromatic heterocycles. The average Bonchev–Trinajstić information content (AvgIpc) is 2.77. The van der Waals surface area contributed by atoms with Crippen molar-refractivity contribution in [2.24, 2.45) is 17.3 Å². The van der Waals surface area contributed by atoms with Gasteiger partial charge in [0.05, 0.1) is 0 Å². The normalized spacial score (nSPS) is 24.7. The summed E-state index contributed by atoms with van der Waals surface area (Å²) in [6, 6.07) is 0. The Morgan fingerprint density at radius 1 is 1.39 bits per heavy atom. The van der Waals surface area contributed by atoms with Crippen molar-refractivity contribution >= 4 is 11.9 Å². The Hall–Kier alpha value is -1.50. The molecule has 1 rings (SSSR count). The maximum absolute atomic E-state index is 11.5. The molecule has 0 aromatic rings. The van der Waals surface area contributed by atoms with Crippen molar-refractivity contribution in [1.82, 2.24) is 0 Å². The van der Waals surface area contributed by atoms with Crippen molar-refractivity contribution in [2.75, 3.05) is 0 Å². The Bertz CT molecular complexity index is 423. The van der Waals surface area contributed by atoms with Crippen LogP contribution in [0.1, 0.15) is 41.0 Å². The maximum Gasteiger partial charge on any atom is 0.384 e. The number of ether oxygens (including phenoxy) is 1. The van der Waals surface area contributed by atoms with E-state index in [0.717, 1.165) is 0 Å². The maximum atomic E-state index is 11.5. The molecule has 0 aromatic carbocycles. The van der Waals surface area contributed by atoms with E-state index < -0.39 is 28.9 Å². The SMILES string of the molecule is CCC(C)(C)OC(=O)C#CC1C(C(=O)[O-])C1(C)C. The minimum absolute atomic E-state index is 0.334. The third-order valence-corrected chi connectivity index (χ3v) is 3.63. The lowest BCUT2D eigenvalue weighted by molar-refractivity contribution is -0.308. The number of hydrogen-bond donors (Lipinski definition) is 0. The van der Waals surface area contributed by atoms with Gasteiger partial charge >= 0.3 is 5.97 Å². The van der Waals surface area contributed by atoms with Crippen LogP contribution in [-0.2, 0) is 14.3 Å². The number of carbonyl (C=O) groups is 2. The highest BCUT2D eigenvalue weighted by Gasteiger charge is 2.57. The molecule has 18 heavy (non-hydrogen) atoms. The lowest BCUT2D eigenvalue weighted by Crippen LogP contribution is -2.26. The molecule has 0 heterocycles. The second-order valence-corrected chi connectivity index (χ2v) is 5.87. The van der Waals surface area contributed by atoms with E-state index in [0.29, 0.717) is 6.42 Å². The highest BCUT2D eigenvalue weighted by molar-refractivity contribution is 5.89. The molecule has 0 bridgehead atoms. The molecule has 100 valence electrons. The summed E-state index contributed by atoms with van der Waals surface area (Å²) in [5.74, 6) is 2.40. The minimum atomic E-state index is -1.11. The van der Waals surface area contributed by atoms with Gasteiger partial charge in [0, 0.05) is 23.7 Å². The van der Waals surface area contributed by atoms with E-state index in [-0.39, 0.29) is 5.92 Å². The number of carboxylic acids is 1. The van der Waals surface area contributed by atoms with Gasteiger partial charge in [0.2, 0.25) is 0 Å². The first-order valence-electron chi connectivity index (χ1n) is 6.07. The summed E-state index contributed by atoms with van der Waals surface area (Å²) in [5.41, 5.74) is -0.967. The molecule has 2 unspecified atom stereocenters. The zero-order chi connectivity index (χ0) is 14.1. The van der Waals surface area contributed by atoms with Crippen molar-refractivity contribution in [3.63, 3.8) is 0 Å². The van der Waals surface area contributed by atoms with Crippen LogP contribution in [0, 0.1) is 29.1 Å². The molecule has 0 radical (unpaired) electrons. The highest BCUT2D eigenvalue weighted by atomic mass is 16.6. The number of rotatable bonds is 3. The lowest BCUT2D eigenvalue weighted by atomic mass is 10.1. The molecule has 0 saturated heterocycles. The van der Waals surface area contributed by atoms with Gasteiger partial charge in [0.1, 0.15) is 5.60 Å². The number of esters is 1. The van der Waals surface area contributed by atoms with E-state index in [2.05, 4.69) is 11.8 Å². The molecule has 0 amide bonds. The molecule has 0 N–H and O–H groups in total. The van der Waals surface area contributed by atoms with Gasteiger partial charge in [-0.3, -0.25) is 0 Å². The summed E-state index contributed by atoms with van der Waals surface area (Å²) < 4.78 is 5.15. The van der Waals surface area contributed by atoms with Gasteiger partial charge in [0.25, 0.3) is 0 Å². The average molecular weight is 251 g/mol. The van der Waals surface area contributed by atoms with Gasteiger partial charge in [0.15, 0.2) is 0 Å². The van der Waals surface area contributed by atoms with Crippen LogP contribution >= 0.6 is 0 Å². The van der Waals surface area contributed by atoms with E-state index in [1.165, 1.54) is 0 Å². The second-order valence-electron chi connectivity index (χ2n) is 5.87. The summed E-state index contributed by atoms with van der Waals surface area (Å²) in [6.45, 7) is 9.12. The van der Waals surface area contributed by atoms with Gasteiger partial charge in [-0.25, -0.2) is 4.79 Å². The van der Waals surface area contributed by atoms with Crippen LogP contribution < -0.4 is 5.11 Å². The Morgan fingerprint density at radius 3 is 2.33 bits per heavy atom. The lowest BCUT2D eigenvalue weighted by Gasteiger charge is -2.21. The Balaban J connectivity index is 2.63. The van der Waals surface area contributed by atoms with Crippen LogP contribution in [0.4, 0.5) is 0 Å². The standard InChI is InChI=1S/C14H20O4/c1-6-13(2,3)18-10(15)8-7-9-11(12(16)17)14(9,4)5/h9,11H,6H2,1-5H3,(H,16,17)/p-1. The van der Waals surface area contributed by atoms with Gasteiger partial charge in [-0.05, 0) is 25.7 Å². The molecular weight excluding hydrogens is 232 g/mol. The zero-order valence-corrected chi connectivity index (χ0v) is 11.5. The molecule has 1 aliphatic carbocycles. The molecule has 4 nitrogen and oxygen atoms in total. The fraction of sp³-hybridized carbons (Fsp3) is 0.714. The van der Waals surface area contributed by atoms with E-state index in [9.17, 15) is 14.7 Å². The fourth-order valence-electron chi connectivity index (χ4n) is 1.83. The molecule has 0 aliphatic heterocycles. The van der Waals surface area contributed by atoms with Crippen LogP contribution in [0.5, 0.6) is 0 Å². The number of aliphatic carboxylic acids is 1. The van der Waals surface area contributed by atoms with Gasteiger partial charge in [-0.2, -0.15) is 0 Å². The van der Waals surface area contributed by atoms with Crippen LogP contribution in [-0.4, -0.2) is 17.5 Å². The first-order chi connectivity index (χ1) is 8.12. The first kappa shape index (κ1) is 14.6. The number of hydrogen-bond acceptors (Lipinski definition) is 4. The molecular formula is C14H19O4-. The van der Waals surface area contributed by atoms with Gasteiger partial charge < -0.3 is 14.6 Å². The fourth-order valence-corrected chi connectivity index (χ4v) is 1.83. The molecule has 0 spiro atoms. The van der Waals surface area contributed by atoms with Crippen molar-refractivity contribution in [3.8, 4) is 11.8 Å². The smallest absolute Gasteiger partial charge is 0.384 e. The van der Waals surface area contributed by atoms with Crippen LogP contribution in [0.15, 0.2) is 0 Å². The summed E-state index contributed by atoms with van der Waals surface area (Å²) in [4.78, 5) is 22.3. The predicted molar refractivity (Wildman–Crippen MR) is 64.0 cm³/mol. The van der Waals surface area contributed by atoms with Crippen molar-refractivity contribution in [1.29, 1.82) is 0 Å². The molecule has 1 fully saturated rings. The largest absolute Gasteiger partial charge is 0.550 e. The van der Waals surface area contributed by atoms with E-state index in [4.69, 9.17) is 4.74 Å². The van der Waals surface area contributed by atoms with Crippen molar-refractivity contribution < 1.29 is 19.4 Å². The van der Waals surface area contributed by atoms with Gasteiger partial charge in [-0.15, -0.1) is 0 Å². The monoisotopic (exact) mass is 251 g/mol. The third kappa shape index (κ3) is 3.04. The third-order valence-electron chi connectivity index (χ3n) is 3.63. The van der Waals surface area contributed by atoms with Crippen molar-refractivity contribution in [2.45, 2.75) is 46.6 Å². The zero-order valence-electron chi connectivity index (χ0n) is 11.5. The molecule has 1 aliphatic rings. The number of carbonyl (C=O) groups excluding carboxylic acids is 2. The van der Waals surface area contributed by atoms with E-state index in [1.54, 1.807) is 27.7 Å². The van der Waals surface area contributed by atoms with Crippen LogP contribution in [0.3, 0.4) is 0 Å². The van der Waals surface area contributed by atoms with E-state index >= 15 is 0 Å². The summed E-state index contributed by atoms with van der Waals surface area (Å²) in [6.07, 6.45) is 0.691. The predicted octanol–water partition coefficient (Wildman–Crippen LogP) is 0.744. The van der Waals surface area contributed by atoms with E-state index in [1.807, 2.05) is 6.92 Å². The summed E-state index contributed by atoms with van der Waals surface area (Å²) >= 11 is 0. The Labute approximate surface area is 108 Å². The van der Waals surface area contributed by atoms with Gasteiger partial charge in [-0.1, -0.05) is 26.7 Å². The second kappa shape index (κ2) is 4.64. The highest BCUT2D eigenvalue weighted by Crippen LogP contribution is 2.57.